The third-order valence-electron chi connectivity index (χ3n) is 5.28. The molecule has 3 aromatic carbocycles. The lowest BCUT2D eigenvalue weighted by molar-refractivity contribution is 0.155. The van der Waals surface area contributed by atoms with Gasteiger partial charge < -0.3 is 25.2 Å². The zero-order chi connectivity index (χ0) is 24.2. The van der Waals surface area contributed by atoms with E-state index >= 15 is 0 Å². The van der Waals surface area contributed by atoms with Crippen LogP contribution in [0.5, 0.6) is 5.75 Å². The Balaban J connectivity index is 1.36. The van der Waals surface area contributed by atoms with E-state index in [0.29, 0.717) is 18.1 Å². The highest BCUT2D eigenvalue weighted by Crippen LogP contribution is 2.37. The van der Waals surface area contributed by atoms with E-state index in [1.54, 1.807) is 13.1 Å². The molecule has 0 amide bonds. The molecule has 1 atom stereocenters. The summed E-state index contributed by atoms with van der Waals surface area (Å²) in [5.74, 6) is 1.09. The third-order valence-corrected chi connectivity index (χ3v) is 5.75. The first-order chi connectivity index (χ1) is 16.2. The number of hydrogen-bond acceptors (Lipinski definition) is 5. The number of aromatic amines is 1. The Morgan fingerprint density at radius 2 is 1.56 bits per heavy atom. The van der Waals surface area contributed by atoms with Gasteiger partial charge in [0.05, 0.1) is 24.0 Å². The molecule has 9 heteroatoms. The first kappa shape index (κ1) is 23.9. The number of benzene rings is 3. The van der Waals surface area contributed by atoms with Crippen LogP contribution in [-0.4, -0.2) is 26.4 Å². The number of phosphoric ester groups is 1. The minimum Gasteiger partial charge on any atom is -0.489 e. The lowest BCUT2D eigenvalue weighted by Crippen LogP contribution is -2.39. The molecule has 0 unspecified atom stereocenters. The van der Waals surface area contributed by atoms with Crippen LogP contribution in [0.3, 0.4) is 0 Å². The van der Waals surface area contributed by atoms with Crippen molar-refractivity contribution in [2.75, 3.05) is 6.61 Å². The maximum absolute atomic E-state index is 11.0. The van der Waals surface area contributed by atoms with Crippen LogP contribution in [-0.2, 0) is 21.2 Å². The van der Waals surface area contributed by atoms with E-state index in [1.807, 2.05) is 42.5 Å². The fourth-order valence-corrected chi connectivity index (χ4v) is 3.80. The van der Waals surface area contributed by atoms with Crippen molar-refractivity contribution >= 4 is 7.82 Å². The first-order valence-electron chi connectivity index (χ1n) is 10.6. The largest absolute Gasteiger partial charge is 0.489 e. The quantitative estimate of drug-likeness (QED) is 0.258. The van der Waals surface area contributed by atoms with Crippen molar-refractivity contribution < 1.29 is 23.6 Å². The van der Waals surface area contributed by atoms with Gasteiger partial charge in [-0.25, -0.2) is 9.55 Å². The molecule has 0 fully saturated rings. The number of nitrogens with one attached hydrogen (secondary N) is 1. The van der Waals surface area contributed by atoms with Gasteiger partial charge in [-0.05, 0) is 53.4 Å². The summed E-state index contributed by atoms with van der Waals surface area (Å²) in [5.41, 5.74) is 9.91. The van der Waals surface area contributed by atoms with Crippen molar-refractivity contribution in [3.63, 3.8) is 0 Å². The number of rotatable bonds is 9. The maximum Gasteiger partial charge on any atom is 0.469 e. The van der Waals surface area contributed by atoms with Gasteiger partial charge in [0.25, 0.3) is 0 Å². The number of nitrogens with zero attached hydrogens (tertiary/aromatic N) is 1. The molecule has 0 aliphatic heterocycles. The van der Waals surface area contributed by atoms with Crippen LogP contribution in [0, 0.1) is 0 Å². The summed E-state index contributed by atoms with van der Waals surface area (Å²) in [5, 5.41) is 0. The van der Waals surface area contributed by atoms with Crippen LogP contribution in [0.4, 0.5) is 0 Å². The van der Waals surface area contributed by atoms with E-state index in [1.165, 1.54) is 5.56 Å². The molecule has 0 saturated carbocycles. The Kier molecular flexibility index (Phi) is 6.97. The molecule has 5 N–H and O–H groups in total. The summed E-state index contributed by atoms with van der Waals surface area (Å²) < 4.78 is 21.4. The zero-order valence-electron chi connectivity index (χ0n) is 18.6. The molecular formula is C25H26N3O5P. The highest BCUT2D eigenvalue weighted by molar-refractivity contribution is 7.46. The lowest BCUT2D eigenvalue weighted by Gasteiger charge is -2.22. The van der Waals surface area contributed by atoms with Crippen LogP contribution in [0.25, 0.3) is 22.4 Å². The fourth-order valence-electron chi connectivity index (χ4n) is 3.37. The molecule has 4 rings (SSSR count). The van der Waals surface area contributed by atoms with Gasteiger partial charge in [0.15, 0.2) is 0 Å². The van der Waals surface area contributed by atoms with Crippen LogP contribution in [0.2, 0.25) is 0 Å². The number of phosphoric acid groups is 1. The number of nitrogens with two attached hydrogens (primary N) is 1. The van der Waals surface area contributed by atoms with Crippen molar-refractivity contribution in [3.8, 4) is 28.1 Å². The SMILES string of the molecule is C[C@](N)(COP(=O)(O)O)c1ncc(-c2ccc(OCc3ccc(-c4ccccc4)cc3)cc2)[nH]1. The Labute approximate surface area is 197 Å². The second-order valence-corrected chi connectivity index (χ2v) is 9.44. The van der Waals surface area contributed by atoms with Gasteiger partial charge >= 0.3 is 7.82 Å². The summed E-state index contributed by atoms with van der Waals surface area (Å²) in [6.07, 6.45) is 1.61. The summed E-state index contributed by atoms with van der Waals surface area (Å²) >= 11 is 0. The molecular weight excluding hydrogens is 453 g/mol. The molecule has 176 valence electrons. The number of H-pyrrole nitrogens is 1. The molecule has 0 aliphatic rings. The van der Waals surface area contributed by atoms with Gasteiger partial charge in [0.2, 0.25) is 0 Å². The first-order valence-corrected chi connectivity index (χ1v) is 12.1. The molecule has 0 radical (unpaired) electrons. The van der Waals surface area contributed by atoms with Crippen molar-refractivity contribution in [1.29, 1.82) is 0 Å². The van der Waals surface area contributed by atoms with Crippen molar-refractivity contribution in [2.24, 2.45) is 5.73 Å². The lowest BCUT2D eigenvalue weighted by atomic mass is 10.0. The molecule has 1 heterocycles. The van der Waals surface area contributed by atoms with E-state index in [0.717, 1.165) is 22.4 Å². The van der Waals surface area contributed by atoms with E-state index in [-0.39, 0.29) is 6.61 Å². The van der Waals surface area contributed by atoms with Crippen molar-refractivity contribution in [1.82, 2.24) is 9.97 Å². The monoisotopic (exact) mass is 479 g/mol. The van der Waals surface area contributed by atoms with Gasteiger partial charge in [0, 0.05) is 0 Å². The summed E-state index contributed by atoms with van der Waals surface area (Å²) in [7, 11) is -4.62. The average Bonchev–Trinajstić information content (AvgIpc) is 3.34. The number of hydrogen-bond donors (Lipinski definition) is 4. The highest BCUT2D eigenvalue weighted by Gasteiger charge is 2.29. The van der Waals surface area contributed by atoms with Crippen LogP contribution >= 0.6 is 7.82 Å². The predicted molar refractivity (Wildman–Crippen MR) is 130 cm³/mol. The van der Waals surface area contributed by atoms with Gasteiger partial charge in [-0.3, -0.25) is 4.52 Å². The maximum atomic E-state index is 11.0. The van der Waals surface area contributed by atoms with Crippen LogP contribution in [0.15, 0.2) is 85.1 Å². The standard InChI is InChI=1S/C25H26N3O5P/c1-25(26,17-33-34(29,30)31)24-27-15-23(28-24)21-11-13-22(14-12-21)32-16-18-7-9-20(10-8-18)19-5-3-2-4-6-19/h2-15H,16-17,26H2,1H3,(H,27,28)(H2,29,30,31)/t25-/m0/s1. The minimum absolute atomic E-state index is 0.357. The molecule has 0 saturated heterocycles. The minimum atomic E-state index is -4.62. The fraction of sp³-hybridized carbons (Fsp3) is 0.160. The van der Waals surface area contributed by atoms with E-state index in [9.17, 15) is 4.57 Å². The van der Waals surface area contributed by atoms with Crippen LogP contribution < -0.4 is 10.5 Å². The molecule has 1 aromatic heterocycles. The van der Waals surface area contributed by atoms with E-state index in [4.69, 9.17) is 20.3 Å². The highest BCUT2D eigenvalue weighted by atomic mass is 31.2. The normalized spacial score (nSPS) is 13.4. The van der Waals surface area contributed by atoms with Gasteiger partial charge in [-0.1, -0.05) is 54.6 Å². The second-order valence-electron chi connectivity index (χ2n) is 8.20. The molecule has 4 aromatic rings. The molecule has 34 heavy (non-hydrogen) atoms. The molecule has 0 aliphatic carbocycles. The Morgan fingerprint density at radius 1 is 0.941 bits per heavy atom. The molecule has 0 bridgehead atoms. The average molecular weight is 479 g/mol. The van der Waals surface area contributed by atoms with E-state index in [2.05, 4.69) is 50.9 Å². The van der Waals surface area contributed by atoms with Gasteiger partial charge in [-0.15, -0.1) is 0 Å². The van der Waals surface area contributed by atoms with Gasteiger partial charge in [-0.2, -0.15) is 0 Å². The number of ether oxygens (including phenoxy) is 1. The molecule has 0 spiro atoms. The number of imidazole rings is 1. The molecule has 8 nitrogen and oxygen atoms in total. The topological polar surface area (TPSA) is 131 Å². The van der Waals surface area contributed by atoms with E-state index < -0.39 is 13.4 Å². The summed E-state index contributed by atoms with van der Waals surface area (Å²) in [4.78, 5) is 25.1. The van der Waals surface area contributed by atoms with Crippen LogP contribution in [0.1, 0.15) is 18.3 Å². The third kappa shape index (κ3) is 6.20. The zero-order valence-corrected chi connectivity index (χ0v) is 19.5. The Hall–Kier alpha value is -3.26. The van der Waals surface area contributed by atoms with Crippen molar-refractivity contribution in [3.05, 3.63) is 96.4 Å². The second kappa shape index (κ2) is 9.93. The van der Waals surface area contributed by atoms with Crippen molar-refractivity contribution in [2.45, 2.75) is 19.1 Å². The van der Waals surface area contributed by atoms with Gasteiger partial charge in [0.1, 0.15) is 18.2 Å². The summed E-state index contributed by atoms with van der Waals surface area (Å²) in [6, 6.07) is 26.0. The smallest absolute Gasteiger partial charge is 0.469 e. The summed E-state index contributed by atoms with van der Waals surface area (Å²) in [6.45, 7) is 1.64. The Bertz CT molecular complexity index is 1270. The number of aromatic nitrogens is 2. The predicted octanol–water partition coefficient (Wildman–Crippen LogP) is 4.61. The Morgan fingerprint density at radius 3 is 2.21 bits per heavy atom.